The fourth-order valence-electron chi connectivity index (χ4n) is 3.15. The Kier molecular flexibility index (Phi) is 6.44. The molecule has 6 nitrogen and oxygen atoms in total. The molecule has 0 saturated carbocycles. The summed E-state index contributed by atoms with van der Waals surface area (Å²) in [5.41, 5.74) is 2.97. The number of hydrogen-bond donors (Lipinski definition) is 0. The van der Waals surface area contributed by atoms with E-state index in [1.807, 2.05) is 38.1 Å². The molecule has 150 valence electrons. The van der Waals surface area contributed by atoms with Crippen LogP contribution in [0, 0.1) is 6.92 Å². The Morgan fingerprint density at radius 2 is 1.83 bits per heavy atom. The van der Waals surface area contributed by atoms with Crippen LogP contribution in [0.25, 0.3) is 10.9 Å². The lowest BCUT2D eigenvalue weighted by atomic mass is 10.0. The zero-order valence-corrected chi connectivity index (χ0v) is 16.7. The number of aryl methyl sites for hydroxylation is 1. The van der Waals surface area contributed by atoms with Crippen molar-refractivity contribution in [2.45, 2.75) is 27.4 Å². The van der Waals surface area contributed by atoms with Gasteiger partial charge in [0.25, 0.3) is 0 Å². The lowest BCUT2D eigenvalue weighted by Gasteiger charge is -2.16. The molecular formula is C23H23NO5. The molecule has 6 heteroatoms. The molecule has 0 radical (unpaired) electrons. The van der Waals surface area contributed by atoms with Crippen LogP contribution in [0.15, 0.2) is 42.5 Å². The van der Waals surface area contributed by atoms with Crippen LogP contribution in [0.3, 0.4) is 0 Å². The minimum atomic E-state index is -0.428. The fraction of sp³-hybridized carbons (Fsp3) is 0.261. The van der Waals surface area contributed by atoms with Crippen molar-refractivity contribution in [1.82, 2.24) is 4.98 Å². The van der Waals surface area contributed by atoms with Crippen molar-refractivity contribution in [2.75, 3.05) is 13.2 Å². The van der Waals surface area contributed by atoms with Gasteiger partial charge < -0.3 is 14.2 Å². The van der Waals surface area contributed by atoms with Crippen LogP contribution < -0.4 is 9.47 Å². The van der Waals surface area contributed by atoms with E-state index in [4.69, 9.17) is 14.2 Å². The van der Waals surface area contributed by atoms with Gasteiger partial charge in [-0.25, -0.2) is 9.78 Å². The van der Waals surface area contributed by atoms with E-state index >= 15 is 0 Å². The van der Waals surface area contributed by atoms with E-state index in [1.165, 1.54) is 0 Å². The Bertz CT molecular complexity index is 1040. The van der Waals surface area contributed by atoms with E-state index < -0.39 is 5.97 Å². The summed E-state index contributed by atoms with van der Waals surface area (Å²) >= 11 is 0. The highest BCUT2D eigenvalue weighted by atomic mass is 16.5. The summed E-state index contributed by atoms with van der Waals surface area (Å²) in [6, 6.07) is 12.6. The zero-order chi connectivity index (χ0) is 20.8. The predicted octanol–water partition coefficient (Wildman–Crippen LogP) is 4.51. The molecule has 1 aromatic heterocycles. The SMILES string of the molecule is CCOC(=O)c1c(COc2ccc(C=O)cc2OCC)nc2ccccc2c1C. The topological polar surface area (TPSA) is 74.7 Å². The highest BCUT2D eigenvalue weighted by Gasteiger charge is 2.20. The number of nitrogens with zero attached hydrogens (tertiary/aromatic N) is 1. The van der Waals surface area contributed by atoms with Crippen molar-refractivity contribution >= 4 is 23.2 Å². The Morgan fingerprint density at radius 3 is 2.55 bits per heavy atom. The van der Waals surface area contributed by atoms with E-state index in [2.05, 4.69) is 4.98 Å². The predicted molar refractivity (Wildman–Crippen MR) is 110 cm³/mol. The number of pyridine rings is 1. The molecule has 0 amide bonds. The first-order valence-corrected chi connectivity index (χ1v) is 9.49. The summed E-state index contributed by atoms with van der Waals surface area (Å²) in [6.45, 7) is 6.25. The average Bonchev–Trinajstić information content (AvgIpc) is 2.73. The number of fused-ring (bicyclic) bond motifs is 1. The van der Waals surface area contributed by atoms with Crippen molar-refractivity contribution in [2.24, 2.45) is 0 Å². The number of aldehydes is 1. The third-order valence-electron chi connectivity index (χ3n) is 4.47. The van der Waals surface area contributed by atoms with E-state index in [9.17, 15) is 9.59 Å². The molecule has 0 aliphatic heterocycles. The van der Waals surface area contributed by atoms with Gasteiger partial charge in [-0.2, -0.15) is 0 Å². The summed E-state index contributed by atoms with van der Waals surface area (Å²) < 4.78 is 16.8. The Morgan fingerprint density at radius 1 is 1.03 bits per heavy atom. The van der Waals surface area contributed by atoms with Crippen molar-refractivity contribution in [1.29, 1.82) is 0 Å². The first-order chi connectivity index (χ1) is 14.1. The molecule has 0 atom stereocenters. The van der Waals surface area contributed by atoms with Gasteiger partial charge in [0.15, 0.2) is 11.5 Å². The number of aromatic nitrogens is 1. The van der Waals surface area contributed by atoms with Crippen LogP contribution in [0.2, 0.25) is 0 Å². The van der Waals surface area contributed by atoms with Crippen LogP contribution in [-0.2, 0) is 11.3 Å². The van der Waals surface area contributed by atoms with Crippen molar-refractivity contribution in [3.05, 3.63) is 64.8 Å². The maximum Gasteiger partial charge on any atom is 0.340 e. The molecule has 29 heavy (non-hydrogen) atoms. The van der Waals surface area contributed by atoms with Gasteiger partial charge in [-0.1, -0.05) is 18.2 Å². The van der Waals surface area contributed by atoms with Crippen LogP contribution in [0.4, 0.5) is 0 Å². The highest BCUT2D eigenvalue weighted by molar-refractivity contribution is 5.98. The van der Waals surface area contributed by atoms with Gasteiger partial charge >= 0.3 is 5.97 Å². The van der Waals surface area contributed by atoms with E-state index in [0.717, 1.165) is 22.8 Å². The lowest BCUT2D eigenvalue weighted by Crippen LogP contribution is -2.14. The molecule has 0 saturated heterocycles. The third kappa shape index (κ3) is 4.37. The van der Waals surface area contributed by atoms with E-state index in [1.54, 1.807) is 25.1 Å². The number of carbonyl (C=O) groups excluding carboxylic acids is 2. The minimum absolute atomic E-state index is 0.0559. The minimum Gasteiger partial charge on any atom is -0.490 e. The van der Waals surface area contributed by atoms with Gasteiger partial charge in [-0.05, 0) is 50.6 Å². The number of para-hydroxylation sites is 1. The monoisotopic (exact) mass is 393 g/mol. The molecular weight excluding hydrogens is 370 g/mol. The standard InChI is InChI=1S/C23H23NO5/c1-4-27-21-12-16(13-25)10-11-20(21)29-14-19-22(23(26)28-5-2)15(3)17-8-6-7-9-18(17)24-19/h6-13H,4-5,14H2,1-3H3. The second kappa shape index (κ2) is 9.19. The molecule has 0 N–H and O–H groups in total. The largest absolute Gasteiger partial charge is 0.490 e. The first kappa shape index (κ1) is 20.3. The number of ether oxygens (including phenoxy) is 3. The quantitative estimate of drug-likeness (QED) is 0.414. The molecule has 0 bridgehead atoms. The van der Waals surface area contributed by atoms with Gasteiger partial charge in [0.1, 0.15) is 12.9 Å². The van der Waals surface area contributed by atoms with Gasteiger partial charge in [0.05, 0.1) is 30.0 Å². The Balaban J connectivity index is 2.00. The first-order valence-electron chi connectivity index (χ1n) is 9.49. The smallest absolute Gasteiger partial charge is 0.340 e. The summed E-state index contributed by atoms with van der Waals surface area (Å²) in [5.74, 6) is 0.510. The number of esters is 1. The summed E-state index contributed by atoms with van der Waals surface area (Å²) in [7, 11) is 0. The molecule has 0 unspecified atom stereocenters. The number of carbonyl (C=O) groups is 2. The number of benzene rings is 2. The van der Waals surface area contributed by atoms with Crippen LogP contribution in [-0.4, -0.2) is 30.5 Å². The second-order valence-corrected chi connectivity index (χ2v) is 6.34. The Hall–Kier alpha value is -3.41. The van der Waals surface area contributed by atoms with E-state index in [-0.39, 0.29) is 13.2 Å². The molecule has 0 spiro atoms. The van der Waals surface area contributed by atoms with E-state index in [0.29, 0.717) is 34.9 Å². The Labute approximate surface area is 169 Å². The molecule has 0 aliphatic carbocycles. The molecule has 0 aliphatic rings. The summed E-state index contributed by atoms with van der Waals surface area (Å²) in [5, 5.41) is 0.893. The average molecular weight is 393 g/mol. The van der Waals surface area contributed by atoms with Crippen LogP contribution in [0.5, 0.6) is 11.5 Å². The third-order valence-corrected chi connectivity index (χ3v) is 4.47. The molecule has 2 aromatic carbocycles. The lowest BCUT2D eigenvalue weighted by molar-refractivity contribution is 0.0522. The zero-order valence-electron chi connectivity index (χ0n) is 16.7. The normalized spacial score (nSPS) is 10.6. The van der Waals surface area contributed by atoms with Gasteiger partial charge in [0.2, 0.25) is 0 Å². The number of hydrogen-bond acceptors (Lipinski definition) is 6. The maximum atomic E-state index is 12.6. The molecule has 0 fully saturated rings. The highest BCUT2D eigenvalue weighted by Crippen LogP contribution is 2.30. The van der Waals surface area contributed by atoms with Gasteiger partial charge in [-0.15, -0.1) is 0 Å². The van der Waals surface area contributed by atoms with Crippen LogP contribution in [0.1, 0.15) is 45.8 Å². The van der Waals surface area contributed by atoms with Crippen molar-refractivity contribution in [3.8, 4) is 11.5 Å². The molecule has 1 heterocycles. The number of rotatable bonds is 8. The fourth-order valence-corrected chi connectivity index (χ4v) is 3.15. The van der Waals surface area contributed by atoms with Crippen LogP contribution >= 0.6 is 0 Å². The maximum absolute atomic E-state index is 12.6. The van der Waals surface area contributed by atoms with Crippen molar-refractivity contribution < 1.29 is 23.8 Å². The summed E-state index contributed by atoms with van der Waals surface area (Å²) in [6.07, 6.45) is 0.749. The summed E-state index contributed by atoms with van der Waals surface area (Å²) in [4.78, 5) is 28.3. The second-order valence-electron chi connectivity index (χ2n) is 6.34. The van der Waals surface area contributed by atoms with Gasteiger partial charge in [0, 0.05) is 10.9 Å². The van der Waals surface area contributed by atoms with Gasteiger partial charge in [-0.3, -0.25) is 4.79 Å². The molecule has 3 rings (SSSR count). The molecule has 3 aromatic rings. The van der Waals surface area contributed by atoms with Crippen molar-refractivity contribution in [3.63, 3.8) is 0 Å².